The molecule has 0 spiro atoms. The van der Waals surface area contributed by atoms with Gasteiger partial charge in [-0.25, -0.2) is 9.18 Å². The first-order chi connectivity index (χ1) is 13.1. The van der Waals surface area contributed by atoms with Crippen LogP contribution in [0.2, 0.25) is 0 Å². The molecule has 2 aromatic rings. The minimum absolute atomic E-state index is 0.0431. The molecule has 1 amide bonds. The topological polar surface area (TPSA) is 57.6 Å². The lowest BCUT2D eigenvalue weighted by molar-refractivity contribution is -0.118. The molecular weight excluding hydrogens is 357 g/mol. The van der Waals surface area contributed by atoms with Crippen LogP contribution in [0.5, 0.6) is 0 Å². The van der Waals surface area contributed by atoms with Gasteiger partial charge >= 0.3 is 5.97 Å². The van der Waals surface area contributed by atoms with Crippen molar-refractivity contribution < 1.29 is 19.1 Å². The molecule has 28 heavy (non-hydrogen) atoms. The number of carboxylic acids is 1. The minimum Gasteiger partial charge on any atom is -0.478 e. The molecule has 0 fully saturated rings. The van der Waals surface area contributed by atoms with Crippen LogP contribution in [0.25, 0.3) is 0 Å². The second kappa shape index (κ2) is 7.04. The SMILES string of the molecule is CC1(C)CCC(C)(C)c2cc(N(C(=O)CF)c3ccc(C(=O)O)cc3)ccc21. The predicted octanol–water partition coefficient (Wildman–Crippen LogP) is 5.37. The van der Waals surface area contributed by atoms with Gasteiger partial charge in [-0.3, -0.25) is 9.69 Å². The summed E-state index contributed by atoms with van der Waals surface area (Å²) in [5, 5.41) is 9.09. The van der Waals surface area contributed by atoms with E-state index >= 15 is 0 Å². The second-order valence-corrected chi connectivity index (χ2v) is 8.71. The molecule has 0 unspecified atom stereocenters. The Morgan fingerprint density at radius 2 is 1.46 bits per heavy atom. The summed E-state index contributed by atoms with van der Waals surface area (Å²) in [7, 11) is 0. The van der Waals surface area contributed by atoms with Crippen molar-refractivity contribution in [3.63, 3.8) is 0 Å². The molecule has 0 bridgehead atoms. The number of hydrogen-bond donors (Lipinski definition) is 1. The Morgan fingerprint density at radius 1 is 0.929 bits per heavy atom. The van der Waals surface area contributed by atoms with E-state index in [1.165, 1.54) is 40.3 Å². The maximum absolute atomic E-state index is 13.3. The fourth-order valence-corrected chi connectivity index (χ4v) is 3.97. The van der Waals surface area contributed by atoms with Crippen LogP contribution in [0.3, 0.4) is 0 Å². The molecular formula is C23H26FNO3. The predicted molar refractivity (Wildman–Crippen MR) is 108 cm³/mol. The van der Waals surface area contributed by atoms with Gasteiger partial charge in [0.2, 0.25) is 0 Å². The van der Waals surface area contributed by atoms with E-state index in [-0.39, 0.29) is 16.4 Å². The molecule has 0 heterocycles. The smallest absolute Gasteiger partial charge is 0.335 e. The van der Waals surface area contributed by atoms with E-state index in [1.807, 2.05) is 18.2 Å². The summed E-state index contributed by atoms with van der Waals surface area (Å²) in [5.74, 6) is -1.73. The standard InChI is InChI=1S/C23H26FNO3/c1-22(2)11-12-23(3,4)19-13-17(9-10-18(19)22)25(20(26)14-24)16-7-5-15(6-8-16)21(27)28/h5-10,13H,11-12,14H2,1-4H3,(H,27,28). The number of fused-ring (bicyclic) bond motifs is 1. The molecule has 0 atom stereocenters. The van der Waals surface area contributed by atoms with Crippen LogP contribution in [0.15, 0.2) is 42.5 Å². The molecule has 0 aliphatic heterocycles. The normalized spacial score (nSPS) is 16.9. The highest BCUT2D eigenvalue weighted by atomic mass is 19.1. The molecule has 2 aromatic carbocycles. The van der Waals surface area contributed by atoms with Crippen molar-refractivity contribution >= 4 is 23.3 Å². The first kappa shape index (κ1) is 20.1. The van der Waals surface area contributed by atoms with Gasteiger partial charge in [0.05, 0.1) is 5.56 Å². The van der Waals surface area contributed by atoms with E-state index in [0.717, 1.165) is 12.8 Å². The largest absolute Gasteiger partial charge is 0.478 e. The lowest BCUT2D eigenvalue weighted by atomic mass is 9.63. The quantitative estimate of drug-likeness (QED) is 0.772. The third-order valence-electron chi connectivity index (χ3n) is 5.83. The molecule has 1 aliphatic carbocycles. The molecule has 0 saturated carbocycles. The summed E-state index contributed by atoms with van der Waals surface area (Å²) in [6, 6.07) is 11.8. The van der Waals surface area contributed by atoms with Crippen molar-refractivity contribution in [2.24, 2.45) is 0 Å². The number of nitrogens with zero attached hydrogens (tertiary/aromatic N) is 1. The molecule has 5 heteroatoms. The van der Waals surface area contributed by atoms with Crippen molar-refractivity contribution in [2.45, 2.75) is 51.4 Å². The number of aromatic carboxylic acids is 1. The number of carbonyl (C=O) groups is 2. The molecule has 0 radical (unpaired) electrons. The maximum Gasteiger partial charge on any atom is 0.335 e. The average Bonchev–Trinajstić information content (AvgIpc) is 2.66. The van der Waals surface area contributed by atoms with Crippen molar-refractivity contribution in [3.8, 4) is 0 Å². The Morgan fingerprint density at radius 3 is 2.00 bits per heavy atom. The zero-order valence-electron chi connectivity index (χ0n) is 16.8. The van der Waals surface area contributed by atoms with Crippen LogP contribution in [-0.4, -0.2) is 23.7 Å². The van der Waals surface area contributed by atoms with Gasteiger partial charge in [0.15, 0.2) is 6.67 Å². The van der Waals surface area contributed by atoms with Crippen molar-refractivity contribution in [2.75, 3.05) is 11.6 Å². The lowest BCUT2D eigenvalue weighted by Crippen LogP contribution is -2.34. The molecule has 1 N–H and O–H groups in total. The third kappa shape index (κ3) is 3.53. The van der Waals surface area contributed by atoms with Crippen LogP contribution in [-0.2, 0) is 15.6 Å². The number of rotatable bonds is 4. The molecule has 3 rings (SSSR count). The van der Waals surface area contributed by atoms with Gasteiger partial charge in [0.1, 0.15) is 0 Å². The molecule has 0 saturated heterocycles. The second-order valence-electron chi connectivity index (χ2n) is 8.71. The summed E-state index contributed by atoms with van der Waals surface area (Å²) < 4.78 is 13.3. The van der Waals surface area contributed by atoms with Crippen LogP contribution in [0.1, 0.15) is 62.0 Å². The molecule has 148 valence electrons. The zero-order valence-corrected chi connectivity index (χ0v) is 16.8. The summed E-state index contributed by atoms with van der Waals surface area (Å²) >= 11 is 0. The van der Waals surface area contributed by atoms with Crippen LogP contribution in [0.4, 0.5) is 15.8 Å². The lowest BCUT2D eigenvalue weighted by Gasteiger charge is -2.42. The van der Waals surface area contributed by atoms with Crippen LogP contribution >= 0.6 is 0 Å². The highest BCUT2D eigenvalue weighted by Gasteiger charge is 2.37. The van der Waals surface area contributed by atoms with Gasteiger partial charge in [0, 0.05) is 11.4 Å². The summed E-state index contributed by atoms with van der Waals surface area (Å²) in [5.41, 5.74) is 3.57. The number of halogens is 1. The Hall–Kier alpha value is -2.69. The van der Waals surface area contributed by atoms with E-state index in [9.17, 15) is 14.0 Å². The first-order valence-corrected chi connectivity index (χ1v) is 9.44. The number of carbonyl (C=O) groups excluding carboxylic acids is 1. The number of hydrogen-bond acceptors (Lipinski definition) is 2. The summed E-state index contributed by atoms with van der Waals surface area (Å²) in [4.78, 5) is 24.8. The number of benzene rings is 2. The highest BCUT2D eigenvalue weighted by Crippen LogP contribution is 2.47. The molecule has 4 nitrogen and oxygen atoms in total. The van der Waals surface area contributed by atoms with E-state index in [2.05, 4.69) is 27.7 Å². The number of amides is 1. The van der Waals surface area contributed by atoms with Gasteiger partial charge in [-0.15, -0.1) is 0 Å². The first-order valence-electron chi connectivity index (χ1n) is 9.44. The van der Waals surface area contributed by atoms with E-state index in [4.69, 9.17) is 5.11 Å². The van der Waals surface area contributed by atoms with Gasteiger partial charge in [-0.2, -0.15) is 0 Å². The van der Waals surface area contributed by atoms with E-state index in [1.54, 1.807) is 0 Å². The van der Waals surface area contributed by atoms with E-state index in [0.29, 0.717) is 11.4 Å². The van der Waals surface area contributed by atoms with Crippen LogP contribution < -0.4 is 4.90 Å². The van der Waals surface area contributed by atoms with Crippen molar-refractivity contribution in [1.29, 1.82) is 0 Å². The number of anilines is 2. The monoisotopic (exact) mass is 383 g/mol. The van der Waals surface area contributed by atoms with Gasteiger partial charge < -0.3 is 5.11 Å². The molecule has 1 aliphatic rings. The number of carboxylic acid groups (broad SMARTS) is 1. The Bertz CT molecular complexity index is 916. The molecule has 0 aromatic heterocycles. The zero-order chi connectivity index (χ0) is 20.7. The van der Waals surface area contributed by atoms with Crippen molar-refractivity contribution in [3.05, 3.63) is 59.2 Å². The third-order valence-corrected chi connectivity index (χ3v) is 5.83. The van der Waals surface area contributed by atoms with Crippen molar-refractivity contribution in [1.82, 2.24) is 0 Å². The number of alkyl halides is 1. The van der Waals surface area contributed by atoms with Gasteiger partial charge in [-0.1, -0.05) is 33.8 Å². The fourth-order valence-electron chi connectivity index (χ4n) is 3.97. The Labute approximate surface area is 165 Å². The Balaban J connectivity index is 2.12. The van der Waals surface area contributed by atoms with Gasteiger partial charge in [-0.05, 0) is 71.2 Å². The Kier molecular flexibility index (Phi) is 5.04. The minimum atomic E-state index is -1.13. The maximum atomic E-state index is 13.3. The van der Waals surface area contributed by atoms with Gasteiger partial charge in [0.25, 0.3) is 5.91 Å². The average molecular weight is 383 g/mol. The summed E-state index contributed by atoms with van der Waals surface area (Å²) in [6.07, 6.45) is 2.11. The fraction of sp³-hybridized carbons (Fsp3) is 0.391. The van der Waals surface area contributed by atoms with E-state index < -0.39 is 18.6 Å². The summed E-state index contributed by atoms with van der Waals surface area (Å²) in [6.45, 7) is 7.68. The van der Waals surface area contributed by atoms with Crippen LogP contribution in [0, 0.1) is 0 Å². The highest BCUT2D eigenvalue weighted by molar-refractivity contribution is 6.01.